The van der Waals surface area contributed by atoms with Crippen molar-refractivity contribution < 1.29 is 18.7 Å². The largest absolute Gasteiger partial charge is 0.483 e. The van der Waals surface area contributed by atoms with E-state index in [9.17, 15) is 14.0 Å². The molecule has 162 valence electrons. The summed E-state index contributed by atoms with van der Waals surface area (Å²) in [5, 5.41) is 0.485. The molecule has 1 saturated carbocycles. The zero-order valence-corrected chi connectivity index (χ0v) is 18.3. The van der Waals surface area contributed by atoms with Gasteiger partial charge in [-0.25, -0.2) is 9.37 Å². The van der Waals surface area contributed by atoms with E-state index in [1.165, 1.54) is 28.4 Å². The molecule has 1 aromatic heterocycles. The molecule has 0 N–H and O–H groups in total. The maximum absolute atomic E-state index is 14.2. The molecule has 5 nitrogen and oxygen atoms in total. The number of hydrogen-bond acceptors (Lipinski definition) is 5. The molecule has 3 aliphatic rings. The van der Waals surface area contributed by atoms with E-state index in [0.29, 0.717) is 16.3 Å². The smallest absolute Gasteiger partial charge is 0.296 e. The number of Topliss-reactive ketones (excluding diaryl/α,β-unsaturated/α-hetero) is 1. The normalized spacial score (nSPS) is 25.2. The number of aryl methyl sites for hydroxylation is 1. The van der Waals surface area contributed by atoms with Crippen molar-refractivity contribution in [2.24, 2.45) is 5.92 Å². The standard InChI is InChI=1S/C25H21FN2O3S/c1-13-9-10-17-19(11-13)32-25(27-17)28-21(14-5-4-6-15(26)12-14)20-22(29)16-7-2-3-8-18(16)31-23(20)24(28)30/h4-6,9-12,16,18,21H,2-3,7-8H2,1H3. The van der Waals surface area contributed by atoms with E-state index >= 15 is 0 Å². The highest BCUT2D eigenvalue weighted by Gasteiger charge is 2.53. The molecule has 0 spiro atoms. The van der Waals surface area contributed by atoms with Crippen LogP contribution < -0.4 is 4.90 Å². The van der Waals surface area contributed by atoms with Crippen LogP contribution in [0.3, 0.4) is 0 Å². The first-order valence-electron chi connectivity index (χ1n) is 10.9. The van der Waals surface area contributed by atoms with Gasteiger partial charge in [0.05, 0.1) is 27.7 Å². The number of ether oxygens (including phenoxy) is 1. The van der Waals surface area contributed by atoms with Gasteiger partial charge in [-0.3, -0.25) is 14.5 Å². The second-order valence-corrected chi connectivity index (χ2v) is 9.76. The maximum atomic E-state index is 14.2. The van der Waals surface area contributed by atoms with Gasteiger partial charge in [-0.05, 0) is 61.6 Å². The lowest BCUT2D eigenvalue weighted by atomic mass is 9.77. The van der Waals surface area contributed by atoms with Gasteiger partial charge in [0, 0.05) is 0 Å². The number of rotatable bonds is 2. The van der Waals surface area contributed by atoms with Gasteiger partial charge in [-0.1, -0.05) is 36.0 Å². The van der Waals surface area contributed by atoms with E-state index < -0.39 is 11.9 Å². The fraction of sp³-hybridized carbons (Fsp3) is 0.320. The number of fused-ring (bicyclic) bond motifs is 2. The molecule has 3 unspecified atom stereocenters. The molecule has 32 heavy (non-hydrogen) atoms. The number of anilines is 1. The van der Waals surface area contributed by atoms with Gasteiger partial charge in [0.1, 0.15) is 11.9 Å². The Balaban J connectivity index is 1.52. The zero-order chi connectivity index (χ0) is 22.0. The number of amides is 1. The van der Waals surface area contributed by atoms with Crippen molar-refractivity contribution >= 4 is 38.4 Å². The fourth-order valence-electron chi connectivity index (χ4n) is 5.16. The highest BCUT2D eigenvalue weighted by atomic mass is 32.1. The molecule has 1 amide bonds. The number of halogens is 1. The van der Waals surface area contributed by atoms with Gasteiger partial charge in [-0.15, -0.1) is 0 Å². The number of thiazole rings is 1. The van der Waals surface area contributed by atoms with Crippen molar-refractivity contribution in [2.75, 3.05) is 4.90 Å². The Morgan fingerprint density at radius 1 is 1.12 bits per heavy atom. The Morgan fingerprint density at radius 2 is 1.97 bits per heavy atom. The number of ketones is 1. The fourth-order valence-corrected chi connectivity index (χ4v) is 6.25. The van der Waals surface area contributed by atoms with Gasteiger partial charge in [0.25, 0.3) is 5.91 Å². The first-order chi connectivity index (χ1) is 15.5. The average molecular weight is 449 g/mol. The highest BCUT2D eigenvalue weighted by Crippen LogP contribution is 2.49. The number of carbonyl (C=O) groups excluding carboxylic acids is 2. The number of aromatic nitrogens is 1. The van der Waals surface area contributed by atoms with E-state index in [1.807, 2.05) is 25.1 Å². The lowest BCUT2D eigenvalue weighted by molar-refractivity contribution is -0.131. The van der Waals surface area contributed by atoms with Crippen LogP contribution in [0.1, 0.15) is 42.9 Å². The Morgan fingerprint density at radius 3 is 2.81 bits per heavy atom. The van der Waals surface area contributed by atoms with E-state index in [2.05, 4.69) is 0 Å². The van der Waals surface area contributed by atoms with Crippen LogP contribution in [0, 0.1) is 18.7 Å². The van der Waals surface area contributed by atoms with Crippen molar-refractivity contribution in [1.82, 2.24) is 4.98 Å². The molecule has 0 radical (unpaired) electrons. The molecule has 3 heterocycles. The third kappa shape index (κ3) is 2.91. The minimum atomic E-state index is -0.745. The first-order valence-corrected chi connectivity index (χ1v) is 11.7. The van der Waals surface area contributed by atoms with Crippen LogP contribution in [0.5, 0.6) is 0 Å². The monoisotopic (exact) mass is 448 g/mol. The third-order valence-electron chi connectivity index (χ3n) is 6.67. The van der Waals surface area contributed by atoms with Crippen LogP contribution >= 0.6 is 11.3 Å². The summed E-state index contributed by atoms with van der Waals surface area (Å²) in [6, 6.07) is 11.3. The topological polar surface area (TPSA) is 59.5 Å². The second-order valence-electron chi connectivity index (χ2n) is 8.75. The molecular formula is C25H21FN2O3S. The van der Waals surface area contributed by atoms with Crippen LogP contribution in [0.2, 0.25) is 0 Å². The third-order valence-corrected chi connectivity index (χ3v) is 7.68. The zero-order valence-electron chi connectivity index (χ0n) is 17.5. The van der Waals surface area contributed by atoms with Crippen molar-refractivity contribution in [3.8, 4) is 0 Å². The summed E-state index contributed by atoms with van der Waals surface area (Å²) < 4.78 is 21.3. The Labute approximate surface area is 188 Å². The minimum absolute atomic E-state index is 0.0435. The Kier molecular flexibility index (Phi) is 4.43. The summed E-state index contributed by atoms with van der Waals surface area (Å²) >= 11 is 1.39. The second kappa shape index (κ2) is 7.24. The highest BCUT2D eigenvalue weighted by molar-refractivity contribution is 7.22. The van der Waals surface area contributed by atoms with Crippen molar-refractivity contribution in [3.63, 3.8) is 0 Å². The van der Waals surface area contributed by atoms with E-state index in [-0.39, 0.29) is 29.5 Å². The molecule has 6 rings (SSSR count). The van der Waals surface area contributed by atoms with Gasteiger partial charge in [0.2, 0.25) is 0 Å². The first kappa shape index (κ1) is 19.6. The minimum Gasteiger partial charge on any atom is -0.483 e. The molecule has 0 saturated heterocycles. The van der Waals surface area contributed by atoms with Crippen LogP contribution in [0.4, 0.5) is 9.52 Å². The van der Waals surface area contributed by atoms with Crippen LogP contribution in [0.25, 0.3) is 10.2 Å². The average Bonchev–Trinajstić information content (AvgIpc) is 3.32. The van der Waals surface area contributed by atoms with Crippen molar-refractivity contribution in [1.29, 1.82) is 0 Å². The summed E-state index contributed by atoms with van der Waals surface area (Å²) in [5.41, 5.74) is 2.78. The Bertz CT molecular complexity index is 1310. The molecule has 3 atom stereocenters. The summed E-state index contributed by atoms with van der Waals surface area (Å²) in [4.78, 5) is 33.5. The van der Waals surface area contributed by atoms with Crippen molar-refractivity contribution in [2.45, 2.75) is 44.8 Å². The van der Waals surface area contributed by atoms with Gasteiger partial charge in [0.15, 0.2) is 16.7 Å². The predicted molar refractivity (Wildman–Crippen MR) is 120 cm³/mol. The lowest BCUT2D eigenvalue weighted by Gasteiger charge is -2.35. The number of nitrogens with zero attached hydrogens (tertiary/aromatic N) is 2. The quantitative estimate of drug-likeness (QED) is 0.538. The van der Waals surface area contributed by atoms with E-state index in [4.69, 9.17) is 9.72 Å². The maximum Gasteiger partial charge on any atom is 0.296 e. The van der Waals surface area contributed by atoms with Gasteiger partial charge < -0.3 is 4.74 Å². The molecule has 0 bridgehead atoms. The lowest BCUT2D eigenvalue weighted by Crippen LogP contribution is -2.39. The Hall–Kier alpha value is -3.06. The van der Waals surface area contributed by atoms with E-state index in [1.54, 1.807) is 12.1 Å². The molecule has 1 fully saturated rings. The van der Waals surface area contributed by atoms with Crippen LogP contribution in [-0.4, -0.2) is 22.8 Å². The summed E-state index contributed by atoms with van der Waals surface area (Å²) in [5.74, 6) is -0.962. The SMILES string of the molecule is Cc1ccc2nc(N3C(=O)C4=C(C(=O)C5CCCCC5O4)C3c3cccc(F)c3)sc2c1. The number of hydrogen-bond donors (Lipinski definition) is 0. The van der Waals surface area contributed by atoms with Crippen molar-refractivity contribution in [3.05, 3.63) is 70.7 Å². The molecule has 1 aliphatic carbocycles. The summed E-state index contributed by atoms with van der Waals surface area (Å²) in [7, 11) is 0. The van der Waals surface area contributed by atoms with Crippen LogP contribution in [0.15, 0.2) is 53.8 Å². The molecule has 7 heteroatoms. The van der Waals surface area contributed by atoms with E-state index in [0.717, 1.165) is 41.5 Å². The van der Waals surface area contributed by atoms with Gasteiger partial charge >= 0.3 is 0 Å². The molecular weight excluding hydrogens is 427 g/mol. The molecule has 2 aliphatic heterocycles. The number of carbonyl (C=O) groups is 2. The van der Waals surface area contributed by atoms with Crippen LogP contribution in [-0.2, 0) is 14.3 Å². The summed E-state index contributed by atoms with van der Waals surface area (Å²) in [6.07, 6.45) is 3.22. The predicted octanol–water partition coefficient (Wildman–Crippen LogP) is 5.24. The number of benzene rings is 2. The molecule has 2 aromatic carbocycles. The molecule has 3 aromatic rings. The van der Waals surface area contributed by atoms with Gasteiger partial charge in [-0.2, -0.15) is 0 Å². The summed E-state index contributed by atoms with van der Waals surface area (Å²) in [6.45, 7) is 2.00.